The number of carbonyl (C=O) groups excluding carboxylic acids is 1. The molecule has 0 aliphatic heterocycles. The van der Waals surface area contributed by atoms with Gasteiger partial charge in [-0.3, -0.25) is 9.48 Å². The van der Waals surface area contributed by atoms with Crippen LogP contribution in [0.15, 0.2) is 30.6 Å². The zero-order chi connectivity index (χ0) is 16.9. The lowest BCUT2D eigenvalue weighted by molar-refractivity contribution is 0.0899. The summed E-state index contributed by atoms with van der Waals surface area (Å²) in [6.07, 6.45) is 6.97. The van der Waals surface area contributed by atoms with Crippen LogP contribution in [0.1, 0.15) is 42.5 Å². The highest BCUT2D eigenvalue weighted by Gasteiger charge is 2.24. The summed E-state index contributed by atoms with van der Waals surface area (Å²) in [5, 5.41) is 16.9. The Balaban J connectivity index is 1.68. The highest BCUT2D eigenvalue weighted by molar-refractivity contribution is 5.94. The van der Waals surface area contributed by atoms with E-state index < -0.39 is 0 Å². The molecule has 0 radical (unpaired) electrons. The minimum absolute atomic E-state index is 0.0575. The van der Waals surface area contributed by atoms with E-state index >= 15 is 0 Å². The topological polar surface area (TPSA) is 80.0 Å². The molecule has 1 saturated carbocycles. The van der Waals surface area contributed by atoms with E-state index in [0.29, 0.717) is 11.4 Å². The largest absolute Gasteiger partial charge is 0.396 e. The zero-order valence-electron chi connectivity index (χ0n) is 14.0. The fourth-order valence-electron chi connectivity index (χ4n) is 3.29. The Kier molecular flexibility index (Phi) is 5.25. The Bertz CT molecular complexity index is 681. The molecule has 6 nitrogen and oxygen atoms in total. The third-order valence-corrected chi connectivity index (χ3v) is 4.71. The van der Waals surface area contributed by atoms with Crippen molar-refractivity contribution in [3.8, 4) is 11.4 Å². The van der Waals surface area contributed by atoms with E-state index in [1.807, 2.05) is 19.2 Å². The summed E-state index contributed by atoms with van der Waals surface area (Å²) >= 11 is 0. The zero-order valence-corrected chi connectivity index (χ0v) is 14.0. The molecule has 6 heteroatoms. The van der Waals surface area contributed by atoms with Crippen LogP contribution in [0, 0.1) is 5.92 Å². The van der Waals surface area contributed by atoms with Crippen molar-refractivity contribution in [2.75, 3.05) is 6.61 Å². The van der Waals surface area contributed by atoms with Gasteiger partial charge in [-0.05, 0) is 25.0 Å². The number of aromatic nitrogens is 3. The molecule has 1 amide bonds. The van der Waals surface area contributed by atoms with Crippen molar-refractivity contribution in [1.29, 1.82) is 0 Å². The molecule has 2 N–H and O–H groups in total. The molecule has 2 unspecified atom stereocenters. The number of nitrogens with zero attached hydrogens (tertiary/aromatic N) is 3. The van der Waals surface area contributed by atoms with Crippen LogP contribution in [0.4, 0.5) is 0 Å². The SMILES string of the molecule is Cn1cnc(-c2ccc(C(=O)NC3CCCCCC3CO)cc2)n1. The molecule has 1 aliphatic carbocycles. The van der Waals surface area contributed by atoms with Crippen molar-refractivity contribution in [2.24, 2.45) is 13.0 Å². The number of aryl methyl sites for hydroxylation is 1. The number of rotatable bonds is 4. The van der Waals surface area contributed by atoms with Gasteiger partial charge in [0.15, 0.2) is 5.82 Å². The standard InChI is InChI=1S/C18H24N4O2/c1-22-12-19-17(21-22)13-7-9-14(10-8-13)18(24)20-16-6-4-2-3-5-15(16)11-23/h7-10,12,15-16,23H,2-6,11H2,1H3,(H,20,24). The number of hydrogen-bond donors (Lipinski definition) is 2. The van der Waals surface area contributed by atoms with E-state index in [1.54, 1.807) is 23.1 Å². The first-order valence-electron chi connectivity index (χ1n) is 8.55. The van der Waals surface area contributed by atoms with Gasteiger partial charge < -0.3 is 10.4 Å². The molecule has 24 heavy (non-hydrogen) atoms. The van der Waals surface area contributed by atoms with Gasteiger partial charge in [-0.15, -0.1) is 0 Å². The maximum absolute atomic E-state index is 12.5. The van der Waals surface area contributed by atoms with Gasteiger partial charge in [-0.25, -0.2) is 4.98 Å². The Morgan fingerprint density at radius 1 is 1.25 bits per heavy atom. The molecule has 128 valence electrons. The first-order chi connectivity index (χ1) is 11.7. The molecule has 0 spiro atoms. The molecule has 2 aromatic rings. The highest BCUT2D eigenvalue weighted by atomic mass is 16.3. The Morgan fingerprint density at radius 3 is 2.67 bits per heavy atom. The van der Waals surface area contributed by atoms with Gasteiger partial charge in [0.05, 0.1) is 0 Å². The van der Waals surface area contributed by atoms with Crippen LogP contribution in [-0.2, 0) is 7.05 Å². The van der Waals surface area contributed by atoms with Crippen molar-refractivity contribution in [3.63, 3.8) is 0 Å². The molecule has 1 aromatic heterocycles. The maximum atomic E-state index is 12.5. The summed E-state index contributed by atoms with van der Waals surface area (Å²) in [5.41, 5.74) is 1.51. The molecular formula is C18H24N4O2. The van der Waals surface area contributed by atoms with Crippen LogP contribution in [0.5, 0.6) is 0 Å². The van der Waals surface area contributed by atoms with Crippen molar-refractivity contribution < 1.29 is 9.90 Å². The lowest BCUT2D eigenvalue weighted by atomic mass is 9.95. The summed E-state index contributed by atoms with van der Waals surface area (Å²) in [7, 11) is 1.82. The smallest absolute Gasteiger partial charge is 0.251 e. The summed E-state index contributed by atoms with van der Waals surface area (Å²) in [6, 6.07) is 7.38. The maximum Gasteiger partial charge on any atom is 0.251 e. The highest BCUT2D eigenvalue weighted by Crippen LogP contribution is 2.23. The van der Waals surface area contributed by atoms with Crippen LogP contribution in [0.3, 0.4) is 0 Å². The van der Waals surface area contributed by atoms with Crippen LogP contribution in [0.2, 0.25) is 0 Å². The first-order valence-corrected chi connectivity index (χ1v) is 8.55. The third kappa shape index (κ3) is 3.82. The van der Waals surface area contributed by atoms with Crippen LogP contribution in [0.25, 0.3) is 11.4 Å². The number of hydrogen-bond acceptors (Lipinski definition) is 4. The Hall–Kier alpha value is -2.21. The summed E-state index contributed by atoms with van der Waals surface area (Å²) < 4.78 is 1.65. The normalized spacial score (nSPS) is 21.2. The first kappa shape index (κ1) is 16.6. The van der Waals surface area contributed by atoms with Gasteiger partial charge in [0.1, 0.15) is 6.33 Å². The second-order valence-corrected chi connectivity index (χ2v) is 6.48. The number of aliphatic hydroxyl groups is 1. The predicted octanol–water partition coefficient (Wildman–Crippen LogP) is 2.15. The van der Waals surface area contributed by atoms with Gasteiger partial charge >= 0.3 is 0 Å². The predicted molar refractivity (Wildman–Crippen MR) is 91.4 cm³/mol. The van der Waals surface area contributed by atoms with Gasteiger partial charge in [0, 0.05) is 36.7 Å². The van der Waals surface area contributed by atoms with Crippen LogP contribution in [-0.4, -0.2) is 38.4 Å². The fourth-order valence-corrected chi connectivity index (χ4v) is 3.29. The molecule has 1 fully saturated rings. The van der Waals surface area contributed by atoms with Crippen molar-refractivity contribution >= 4 is 5.91 Å². The molecule has 1 heterocycles. The second-order valence-electron chi connectivity index (χ2n) is 6.48. The lowest BCUT2D eigenvalue weighted by Crippen LogP contribution is -2.41. The van der Waals surface area contributed by atoms with Crippen LogP contribution < -0.4 is 5.32 Å². The molecule has 1 aliphatic rings. The van der Waals surface area contributed by atoms with E-state index in [0.717, 1.165) is 31.2 Å². The molecule has 2 atom stereocenters. The average Bonchev–Trinajstić information content (AvgIpc) is 2.91. The van der Waals surface area contributed by atoms with E-state index in [2.05, 4.69) is 15.4 Å². The van der Waals surface area contributed by atoms with E-state index in [4.69, 9.17) is 0 Å². The van der Waals surface area contributed by atoms with Crippen molar-refractivity contribution in [3.05, 3.63) is 36.2 Å². The number of nitrogens with one attached hydrogen (secondary N) is 1. The molecule has 1 aromatic carbocycles. The van der Waals surface area contributed by atoms with Gasteiger partial charge in [0.25, 0.3) is 5.91 Å². The van der Waals surface area contributed by atoms with Crippen LogP contribution >= 0.6 is 0 Å². The van der Waals surface area contributed by atoms with Crippen molar-refractivity contribution in [1.82, 2.24) is 20.1 Å². The summed E-state index contributed by atoms with van der Waals surface area (Å²) in [6.45, 7) is 0.134. The van der Waals surface area contributed by atoms with E-state index in [-0.39, 0.29) is 24.5 Å². The minimum atomic E-state index is -0.0825. The fraction of sp³-hybridized carbons (Fsp3) is 0.500. The second kappa shape index (κ2) is 7.57. The quantitative estimate of drug-likeness (QED) is 0.843. The van der Waals surface area contributed by atoms with Gasteiger partial charge in [-0.2, -0.15) is 5.10 Å². The Labute approximate surface area is 141 Å². The Morgan fingerprint density at radius 2 is 2.00 bits per heavy atom. The monoisotopic (exact) mass is 328 g/mol. The van der Waals surface area contributed by atoms with Gasteiger partial charge in [-0.1, -0.05) is 31.4 Å². The van der Waals surface area contributed by atoms with E-state index in [1.165, 1.54) is 6.42 Å². The molecular weight excluding hydrogens is 304 g/mol. The summed E-state index contributed by atoms with van der Waals surface area (Å²) in [5.74, 6) is 0.725. The van der Waals surface area contributed by atoms with Crippen molar-refractivity contribution in [2.45, 2.75) is 38.1 Å². The van der Waals surface area contributed by atoms with Gasteiger partial charge in [0.2, 0.25) is 0 Å². The lowest BCUT2D eigenvalue weighted by Gasteiger charge is -2.24. The average molecular weight is 328 g/mol. The molecule has 0 saturated heterocycles. The number of carbonyl (C=O) groups is 1. The number of benzene rings is 1. The number of amides is 1. The molecule has 3 rings (SSSR count). The third-order valence-electron chi connectivity index (χ3n) is 4.71. The minimum Gasteiger partial charge on any atom is -0.396 e. The number of aliphatic hydroxyl groups excluding tert-OH is 1. The summed E-state index contributed by atoms with van der Waals surface area (Å²) in [4.78, 5) is 16.7. The van der Waals surface area contributed by atoms with E-state index in [9.17, 15) is 9.90 Å². The molecule has 0 bridgehead atoms.